The molecule has 54 heavy (non-hydrogen) atoms. The van der Waals surface area contributed by atoms with Gasteiger partial charge in [0.05, 0.1) is 57.1 Å². The van der Waals surface area contributed by atoms with Gasteiger partial charge >= 0.3 is 23.9 Å². The minimum atomic E-state index is -0.389. The molecule has 0 atom stereocenters. The van der Waals surface area contributed by atoms with Crippen molar-refractivity contribution in [1.29, 1.82) is 5.26 Å². The molecule has 1 aliphatic heterocycles. The lowest BCUT2D eigenvalue weighted by molar-refractivity contribution is -0.159. The average Bonchev–Trinajstić information content (AvgIpc) is 3.64. The van der Waals surface area contributed by atoms with E-state index in [0.29, 0.717) is 70.3 Å². The lowest BCUT2D eigenvalue weighted by Gasteiger charge is -2.31. The molecule has 1 heterocycles. The molecule has 0 bridgehead atoms. The van der Waals surface area contributed by atoms with Crippen LogP contribution in [0.4, 0.5) is 0 Å². The van der Waals surface area contributed by atoms with Gasteiger partial charge in [-0.15, -0.1) is 0 Å². The maximum absolute atomic E-state index is 13.4. The lowest BCUT2D eigenvalue weighted by Crippen LogP contribution is -2.33. The van der Waals surface area contributed by atoms with Gasteiger partial charge in [-0.1, -0.05) is 43.4 Å². The van der Waals surface area contributed by atoms with Crippen molar-refractivity contribution in [3.63, 3.8) is 0 Å². The van der Waals surface area contributed by atoms with Crippen molar-refractivity contribution in [3.8, 4) is 17.6 Å². The minimum absolute atomic E-state index is 0.0726. The number of allylic oxidation sites excluding steroid dienone is 1. The van der Waals surface area contributed by atoms with Gasteiger partial charge in [0.1, 0.15) is 17.6 Å². The number of benzene rings is 1. The standard InChI is InChI=1S/C41H50N2O9S2/c1-4-35(44)49-24-8-6-5-7-23-48-30-17-13-28(14-18-30)38(45)50-31-19-15-29(16-20-31)40(47)52-34-22-21-33(51-39(46)27-11-9-26(2)10-12-27)36-37(34)54-41(53-36)32(25-42)43-3/h4,21-22,26-31H,1,5-20,23-24H2,2H3/b41-32-. The fraction of sp³-hybridized carbons (Fsp3) is 0.610. The van der Waals surface area contributed by atoms with Crippen molar-refractivity contribution in [2.45, 2.75) is 132 Å². The second-order valence-corrected chi connectivity index (χ2v) is 16.9. The number of hydrogen-bond acceptors (Lipinski definition) is 12. The van der Waals surface area contributed by atoms with E-state index in [0.717, 1.165) is 77.0 Å². The highest BCUT2D eigenvalue weighted by Gasteiger charge is 2.36. The Hall–Kier alpha value is -3.78. The number of thioether (sulfide) groups is 2. The average molecular weight is 779 g/mol. The maximum Gasteiger partial charge on any atom is 0.330 e. The van der Waals surface area contributed by atoms with Crippen LogP contribution in [0.1, 0.15) is 110 Å². The Kier molecular flexibility index (Phi) is 15.9. The van der Waals surface area contributed by atoms with Gasteiger partial charge in [-0.25, -0.2) is 14.9 Å². The van der Waals surface area contributed by atoms with Crippen molar-refractivity contribution in [3.05, 3.63) is 46.1 Å². The second-order valence-electron chi connectivity index (χ2n) is 14.6. The van der Waals surface area contributed by atoms with E-state index in [9.17, 15) is 24.4 Å². The number of hydrogen-bond donors (Lipinski definition) is 0. The number of nitrogens with zero attached hydrogens (tertiary/aromatic N) is 2. The Morgan fingerprint density at radius 3 is 1.80 bits per heavy atom. The Labute approximate surface area is 326 Å². The summed E-state index contributed by atoms with van der Waals surface area (Å²) >= 11 is 2.35. The van der Waals surface area contributed by atoms with E-state index in [1.165, 1.54) is 29.6 Å². The van der Waals surface area contributed by atoms with Crippen molar-refractivity contribution >= 4 is 47.4 Å². The third-order valence-corrected chi connectivity index (χ3v) is 13.3. The first-order chi connectivity index (χ1) is 26.2. The number of ether oxygens (including phenoxy) is 5. The minimum Gasteiger partial charge on any atom is -0.463 e. The molecule has 13 heteroatoms. The van der Waals surface area contributed by atoms with E-state index in [2.05, 4.69) is 18.3 Å². The van der Waals surface area contributed by atoms with Crippen molar-refractivity contribution in [2.24, 2.45) is 23.7 Å². The predicted molar refractivity (Wildman–Crippen MR) is 203 cm³/mol. The summed E-state index contributed by atoms with van der Waals surface area (Å²) in [6.07, 6.45) is 13.7. The number of fused-ring (bicyclic) bond motifs is 1. The van der Waals surface area contributed by atoms with Crippen LogP contribution in [0.25, 0.3) is 4.85 Å². The Morgan fingerprint density at radius 2 is 1.28 bits per heavy atom. The summed E-state index contributed by atoms with van der Waals surface area (Å²) < 4.78 is 29.2. The molecule has 4 aliphatic rings. The predicted octanol–water partition coefficient (Wildman–Crippen LogP) is 9.10. The van der Waals surface area contributed by atoms with E-state index in [-0.39, 0.29) is 59.5 Å². The van der Waals surface area contributed by atoms with E-state index in [4.69, 9.17) is 30.3 Å². The summed E-state index contributed by atoms with van der Waals surface area (Å²) in [4.78, 5) is 55.0. The van der Waals surface area contributed by atoms with Crippen LogP contribution in [0.5, 0.6) is 11.5 Å². The van der Waals surface area contributed by atoms with Crippen LogP contribution in [0, 0.1) is 41.6 Å². The monoisotopic (exact) mass is 778 g/mol. The number of unbranched alkanes of at least 4 members (excludes halogenated alkanes) is 3. The zero-order valence-electron chi connectivity index (χ0n) is 31.0. The molecule has 0 unspecified atom stereocenters. The zero-order valence-corrected chi connectivity index (χ0v) is 32.6. The van der Waals surface area contributed by atoms with Crippen LogP contribution in [0.15, 0.2) is 44.5 Å². The van der Waals surface area contributed by atoms with Crippen LogP contribution in [0.3, 0.4) is 0 Å². The third-order valence-electron chi connectivity index (χ3n) is 10.7. The summed E-state index contributed by atoms with van der Waals surface area (Å²) in [5, 5.41) is 9.53. The van der Waals surface area contributed by atoms with Gasteiger partial charge < -0.3 is 23.7 Å². The molecule has 3 fully saturated rings. The quantitative estimate of drug-likeness (QED) is 0.0419. The first-order valence-electron chi connectivity index (χ1n) is 19.3. The van der Waals surface area contributed by atoms with Crippen LogP contribution in [-0.4, -0.2) is 49.3 Å². The summed E-state index contributed by atoms with van der Waals surface area (Å²) in [6, 6.07) is 5.17. The smallest absolute Gasteiger partial charge is 0.330 e. The molecular weight excluding hydrogens is 729 g/mol. The zero-order chi connectivity index (χ0) is 38.5. The van der Waals surface area contributed by atoms with Gasteiger partial charge in [-0.3, -0.25) is 14.4 Å². The molecule has 0 spiro atoms. The molecule has 1 aromatic rings. The summed E-state index contributed by atoms with van der Waals surface area (Å²) in [6.45, 7) is 14.1. The van der Waals surface area contributed by atoms with Crippen molar-refractivity contribution in [2.75, 3.05) is 13.2 Å². The highest BCUT2D eigenvalue weighted by Crippen LogP contribution is 2.59. The van der Waals surface area contributed by atoms with Gasteiger partial charge in [0.25, 0.3) is 5.70 Å². The van der Waals surface area contributed by atoms with Crippen molar-refractivity contribution in [1.82, 2.24) is 0 Å². The van der Waals surface area contributed by atoms with E-state index < -0.39 is 0 Å². The Bertz CT molecular complexity index is 1620. The first-order valence-corrected chi connectivity index (χ1v) is 20.9. The molecule has 3 saturated carbocycles. The van der Waals surface area contributed by atoms with Gasteiger partial charge in [0.15, 0.2) is 0 Å². The first kappa shape index (κ1) is 41.4. The van der Waals surface area contributed by atoms with Crippen LogP contribution in [0.2, 0.25) is 0 Å². The fourth-order valence-corrected chi connectivity index (χ4v) is 9.83. The number of carbonyl (C=O) groups excluding carboxylic acids is 4. The molecule has 0 N–H and O–H groups in total. The molecular formula is C41H50N2O9S2. The van der Waals surface area contributed by atoms with Gasteiger partial charge in [-0.2, -0.15) is 0 Å². The normalized spacial score (nSPS) is 25.9. The molecule has 290 valence electrons. The van der Waals surface area contributed by atoms with E-state index >= 15 is 0 Å². The number of rotatable bonds is 15. The Balaban J connectivity index is 1.05. The SMILES string of the molecule is [C-]#[N+]/C(C#N)=C1/Sc2c(OC(=O)C3CCC(C)CC3)ccc(OC(=O)C3CCC(OC(=O)C4CCC(OCCCCCCOC(=O)C=C)CC4)CC3)c2S1. The molecule has 3 aliphatic carbocycles. The van der Waals surface area contributed by atoms with Crippen LogP contribution < -0.4 is 9.47 Å². The topological polar surface area (TPSA) is 143 Å². The molecule has 1 aromatic carbocycles. The molecule has 0 radical (unpaired) electrons. The van der Waals surface area contributed by atoms with E-state index in [1.54, 1.807) is 12.1 Å². The highest BCUT2D eigenvalue weighted by atomic mass is 32.2. The molecule has 5 rings (SSSR count). The summed E-state index contributed by atoms with van der Waals surface area (Å²) in [7, 11) is 0. The van der Waals surface area contributed by atoms with Crippen molar-refractivity contribution < 1.29 is 42.9 Å². The third kappa shape index (κ3) is 11.6. The van der Waals surface area contributed by atoms with Crippen LogP contribution in [-0.2, 0) is 33.4 Å². The van der Waals surface area contributed by atoms with Crippen LogP contribution >= 0.6 is 23.5 Å². The highest BCUT2D eigenvalue weighted by molar-refractivity contribution is 8.24. The lowest BCUT2D eigenvalue weighted by atomic mass is 9.83. The molecule has 0 aromatic heterocycles. The molecule has 0 saturated heterocycles. The van der Waals surface area contributed by atoms with Gasteiger partial charge in [0.2, 0.25) is 0 Å². The molecule has 11 nitrogen and oxygen atoms in total. The largest absolute Gasteiger partial charge is 0.463 e. The number of carbonyl (C=O) groups is 4. The maximum atomic E-state index is 13.4. The fourth-order valence-electron chi connectivity index (χ4n) is 7.36. The van der Waals surface area contributed by atoms with E-state index in [1.807, 2.05) is 6.07 Å². The summed E-state index contributed by atoms with van der Waals surface area (Å²) in [5.74, 6) is -0.681. The second kappa shape index (κ2) is 20.8. The van der Waals surface area contributed by atoms with Gasteiger partial charge in [-0.05, 0) is 114 Å². The molecule has 0 amide bonds. The van der Waals surface area contributed by atoms with Gasteiger partial charge in [0, 0.05) is 12.7 Å². The number of nitriles is 1. The Morgan fingerprint density at radius 1 is 0.778 bits per heavy atom. The summed E-state index contributed by atoms with van der Waals surface area (Å²) in [5.41, 5.74) is -0.0726. The number of esters is 4.